The van der Waals surface area contributed by atoms with Crippen LogP contribution in [0.2, 0.25) is 0 Å². The second-order valence-corrected chi connectivity index (χ2v) is 7.73. The molecule has 6 nitrogen and oxygen atoms in total. The number of ether oxygens (including phenoxy) is 2. The second-order valence-electron chi connectivity index (χ2n) is 7.73. The summed E-state index contributed by atoms with van der Waals surface area (Å²) in [6, 6.07) is 0. The van der Waals surface area contributed by atoms with Crippen LogP contribution in [0.3, 0.4) is 0 Å². The minimum absolute atomic E-state index is 0.0641. The van der Waals surface area contributed by atoms with Crippen molar-refractivity contribution in [2.75, 3.05) is 6.61 Å². The zero-order chi connectivity index (χ0) is 15.4. The molecule has 5 atom stereocenters. The van der Waals surface area contributed by atoms with E-state index in [2.05, 4.69) is 0 Å². The summed E-state index contributed by atoms with van der Waals surface area (Å²) in [6.45, 7) is -0.410. The first-order chi connectivity index (χ1) is 10.6. The van der Waals surface area contributed by atoms with E-state index >= 15 is 0 Å². The molecule has 4 N–H and O–H groups in total. The highest BCUT2D eigenvalue weighted by Crippen LogP contribution is 2.55. The molecule has 5 fully saturated rings. The fourth-order valence-electron chi connectivity index (χ4n) is 5.43. The topological polar surface area (TPSA) is 99.4 Å². The van der Waals surface area contributed by atoms with Gasteiger partial charge in [-0.2, -0.15) is 0 Å². The van der Waals surface area contributed by atoms with Gasteiger partial charge >= 0.3 is 0 Å². The molecule has 22 heavy (non-hydrogen) atoms. The molecule has 1 heterocycles. The maximum Gasteiger partial charge on any atom is 0.186 e. The summed E-state index contributed by atoms with van der Waals surface area (Å²) in [5, 5.41) is 39.1. The van der Waals surface area contributed by atoms with E-state index in [-0.39, 0.29) is 6.10 Å². The van der Waals surface area contributed by atoms with E-state index in [9.17, 15) is 20.4 Å². The molecule has 5 rings (SSSR count). The monoisotopic (exact) mass is 314 g/mol. The summed E-state index contributed by atoms with van der Waals surface area (Å²) in [5.74, 6) is 2.70. The summed E-state index contributed by atoms with van der Waals surface area (Å²) in [5.41, 5.74) is 0. The van der Waals surface area contributed by atoms with Gasteiger partial charge < -0.3 is 29.9 Å². The maximum atomic E-state index is 10.1. The lowest BCUT2D eigenvalue weighted by atomic mass is 9.55. The van der Waals surface area contributed by atoms with Gasteiger partial charge in [-0.3, -0.25) is 0 Å². The van der Waals surface area contributed by atoms with Crippen LogP contribution in [0.5, 0.6) is 0 Å². The van der Waals surface area contributed by atoms with Crippen molar-refractivity contribution < 1.29 is 29.9 Å². The largest absolute Gasteiger partial charge is 0.394 e. The lowest BCUT2D eigenvalue weighted by molar-refractivity contribution is -0.327. The molecule has 0 amide bonds. The van der Waals surface area contributed by atoms with E-state index in [1.165, 1.54) is 32.1 Å². The Labute approximate surface area is 130 Å². The fourth-order valence-corrected chi connectivity index (χ4v) is 5.43. The molecule has 0 radical (unpaired) electrons. The van der Waals surface area contributed by atoms with Crippen LogP contribution >= 0.6 is 0 Å². The minimum Gasteiger partial charge on any atom is -0.394 e. The molecule has 1 aliphatic heterocycles. The van der Waals surface area contributed by atoms with Gasteiger partial charge in [0.1, 0.15) is 24.4 Å². The summed E-state index contributed by atoms with van der Waals surface area (Å²) in [7, 11) is 0. The van der Waals surface area contributed by atoms with Crippen LogP contribution in [0.1, 0.15) is 32.1 Å². The van der Waals surface area contributed by atoms with Crippen molar-refractivity contribution in [3.05, 3.63) is 0 Å². The molecule has 0 aromatic rings. The predicted molar refractivity (Wildman–Crippen MR) is 75.7 cm³/mol. The second kappa shape index (κ2) is 5.69. The van der Waals surface area contributed by atoms with Crippen LogP contribution in [0, 0.1) is 23.7 Å². The zero-order valence-electron chi connectivity index (χ0n) is 12.6. The van der Waals surface area contributed by atoms with Gasteiger partial charge in [0.25, 0.3) is 0 Å². The van der Waals surface area contributed by atoms with Gasteiger partial charge in [-0.15, -0.1) is 0 Å². The Kier molecular flexibility index (Phi) is 3.95. The van der Waals surface area contributed by atoms with Crippen LogP contribution in [0.15, 0.2) is 0 Å². The molecule has 4 bridgehead atoms. The van der Waals surface area contributed by atoms with Gasteiger partial charge in [0, 0.05) is 0 Å². The Bertz CT molecular complexity index is 385. The Morgan fingerprint density at radius 1 is 0.818 bits per heavy atom. The highest BCUT2D eigenvalue weighted by molar-refractivity contribution is 5.00. The summed E-state index contributed by atoms with van der Waals surface area (Å²) in [4.78, 5) is 0. The van der Waals surface area contributed by atoms with Gasteiger partial charge in [-0.1, -0.05) is 0 Å². The first-order valence-electron chi connectivity index (χ1n) is 8.52. The van der Waals surface area contributed by atoms with Gasteiger partial charge in [0.15, 0.2) is 6.29 Å². The average Bonchev–Trinajstić information content (AvgIpc) is 2.50. The molecule has 126 valence electrons. The first kappa shape index (κ1) is 15.3. The third-order valence-corrected chi connectivity index (χ3v) is 6.28. The summed E-state index contributed by atoms with van der Waals surface area (Å²) in [6.07, 6.45) is 0.363. The molecule has 0 aromatic carbocycles. The molecule has 1 saturated heterocycles. The molecule has 0 unspecified atom stereocenters. The van der Waals surface area contributed by atoms with Crippen LogP contribution in [-0.4, -0.2) is 63.8 Å². The van der Waals surface area contributed by atoms with Crippen molar-refractivity contribution in [3.8, 4) is 0 Å². The Balaban J connectivity index is 1.46. The molecule has 0 aromatic heterocycles. The van der Waals surface area contributed by atoms with E-state index in [0.717, 1.165) is 11.8 Å². The van der Waals surface area contributed by atoms with E-state index in [0.29, 0.717) is 11.8 Å². The van der Waals surface area contributed by atoms with Crippen molar-refractivity contribution in [2.24, 2.45) is 23.7 Å². The predicted octanol–water partition coefficient (Wildman–Crippen LogP) is -0.372. The normalized spacial score (nSPS) is 57.3. The standard InChI is InChI=1S/C16H26O6/c17-6-11-12(18)13(19)14(20)16(21-11)22-15-9-2-7-1-8(4-9)5-10(15)3-7/h7-20H,1-6H2/t7?,8?,9?,10?,11-,12-,13+,14-,15?,16+/m1/s1. The van der Waals surface area contributed by atoms with Crippen LogP contribution in [0.4, 0.5) is 0 Å². The molecular formula is C16H26O6. The van der Waals surface area contributed by atoms with E-state index in [1.807, 2.05) is 0 Å². The Morgan fingerprint density at radius 3 is 1.95 bits per heavy atom. The average molecular weight is 314 g/mol. The van der Waals surface area contributed by atoms with Gasteiger partial charge in [0.2, 0.25) is 0 Å². The van der Waals surface area contributed by atoms with Gasteiger partial charge in [-0.05, 0) is 55.8 Å². The summed E-state index contributed by atoms with van der Waals surface area (Å²) >= 11 is 0. The van der Waals surface area contributed by atoms with Crippen molar-refractivity contribution in [2.45, 2.75) is 68.9 Å². The number of aliphatic hydroxyl groups excluding tert-OH is 4. The molecule has 0 spiro atoms. The van der Waals surface area contributed by atoms with Crippen molar-refractivity contribution in [1.82, 2.24) is 0 Å². The lowest BCUT2D eigenvalue weighted by Crippen LogP contribution is -2.61. The van der Waals surface area contributed by atoms with Gasteiger partial charge in [-0.25, -0.2) is 0 Å². The molecule has 4 aliphatic carbocycles. The molecule has 5 aliphatic rings. The van der Waals surface area contributed by atoms with Crippen LogP contribution in [0.25, 0.3) is 0 Å². The number of aliphatic hydroxyl groups is 4. The van der Waals surface area contributed by atoms with E-state index in [4.69, 9.17) is 9.47 Å². The van der Waals surface area contributed by atoms with Crippen molar-refractivity contribution in [3.63, 3.8) is 0 Å². The lowest BCUT2D eigenvalue weighted by Gasteiger charge is -2.55. The molecule has 4 saturated carbocycles. The fraction of sp³-hybridized carbons (Fsp3) is 1.00. The van der Waals surface area contributed by atoms with Crippen LogP contribution in [-0.2, 0) is 9.47 Å². The summed E-state index contributed by atoms with van der Waals surface area (Å²) < 4.78 is 11.6. The van der Waals surface area contributed by atoms with E-state index < -0.39 is 37.3 Å². The Morgan fingerprint density at radius 2 is 1.41 bits per heavy atom. The smallest absolute Gasteiger partial charge is 0.186 e. The zero-order valence-corrected chi connectivity index (χ0v) is 12.6. The maximum absolute atomic E-state index is 10.1. The molecular weight excluding hydrogens is 288 g/mol. The Hall–Kier alpha value is -0.240. The van der Waals surface area contributed by atoms with Crippen LogP contribution < -0.4 is 0 Å². The third kappa shape index (κ3) is 2.41. The SMILES string of the molecule is OC[C@H]1O[C@@H](OC2C3CC4CC(C3)CC2C4)[C@H](O)[C@@H](O)[C@@H]1O. The third-order valence-electron chi connectivity index (χ3n) is 6.28. The van der Waals surface area contributed by atoms with E-state index in [1.54, 1.807) is 0 Å². The highest BCUT2D eigenvalue weighted by Gasteiger charge is 2.52. The quantitative estimate of drug-likeness (QED) is 0.567. The van der Waals surface area contributed by atoms with Crippen molar-refractivity contribution >= 4 is 0 Å². The highest BCUT2D eigenvalue weighted by atomic mass is 16.7. The minimum atomic E-state index is -1.35. The van der Waals surface area contributed by atoms with Crippen molar-refractivity contribution in [1.29, 1.82) is 0 Å². The number of hydrogen-bond acceptors (Lipinski definition) is 6. The first-order valence-corrected chi connectivity index (χ1v) is 8.52. The molecule has 6 heteroatoms. The van der Waals surface area contributed by atoms with Gasteiger partial charge in [0.05, 0.1) is 12.7 Å². The number of hydrogen-bond donors (Lipinski definition) is 4. The number of rotatable bonds is 3.